The van der Waals surface area contributed by atoms with Gasteiger partial charge in [-0.1, -0.05) is 24.3 Å². The van der Waals surface area contributed by atoms with E-state index < -0.39 is 6.10 Å². The van der Waals surface area contributed by atoms with Crippen molar-refractivity contribution in [2.45, 2.75) is 32.9 Å². The molecule has 142 valence electrons. The molecule has 0 spiro atoms. The molecule has 0 aliphatic carbocycles. The fourth-order valence-electron chi connectivity index (χ4n) is 2.83. The SMILES string of the molecule is CC[C@@H](Oc1cccc(OC)c1)C(=O)Nc1ccc2c(c1)sc(=O)n2CC. The fourth-order valence-corrected chi connectivity index (χ4v) is 3.82. The molecule has 1 amide bonds. The third-order valence-corrected chi connectivity index (χ3v) is 5.18. The largest absolute Gasteiger partial charge is 0.497 e. The van der Waals surface area contributed by atoms with Gasteiger partial charge in [-0.05, 0) is 43.7 Å². The number of aromatic nitrogens is 1. The Morgan fingerprint density at radius 2 is 1.96 bits per heavy atom. The Morgan fingerprint density at radius 3 is 2.67 bits per heavy atom. The number of nitrogens with one attached hydrogen (secondary N) is 1. The van der Waals surface area contributed by atoms with Crippen LogP contribution in [-0.4, -0.2) is 23.7 Å². The van der Waals surface area contributed by atoms with Crippen LogP contribution in [0.4, 0.5) is 5.69 Å². The summed E-state index contributed by atoms with van der Waals surface area (Å²) in [7, 11) is 1.58. The second-order valence-corrected chi connectivity index (χ2v) is 6.97. The molecule has 1 N–H and O–H groups in total. The zero-order valence-electron chi connectivity index (χ0n) is 15.5. The minimum Gasteiger partial charge on any atom is -0.497 e. The van der Waals surface area contributed by atoms with E-state index in [4.69, 9.17) is 9.47 Å². The van der Waals surface area contributed by atoms with Crippen LogP contribution in [0.1, 0.15) is 20.3 Å². The van der Waals surface area contributed by atoms with Gasteiger partial charge in [0.1, 0.15) is 11.5 Å². The molecule has 0 unspecified atom stereocenters. The number of rotatable bonds is 7. The van der Waals surface area contributed by atoms with Crippen molar-refractivity contribution in [1.82, 2.24) is 4.57 Å². The summed E-state index contributed by atoms with van der Waals surface area (Å²) < 4.78 is 13.6. The molecule has 1 heterocycles. The Hall–Kier alpha value is -2.80. The molecule has 27 heavy (non-hydrogen) atoms. The maximum absolute atomic E-state index is 12.6. The van der Waals surface area contributed by atoms with Gasteiger partial charge >= 0.3 is 4.87 Å². The number of anilines is 1. The lowest BCUT2D eigenvalue weighted by molar-refractivity contribution is -0.122. The Labute approximate surface area is 161 Å². The Kier molecular flexibility index (Phi) is 5.81. The molecule has 0 bridgehead atoms. The first-order valence-corrected chi connectivity index (χ1v) is 9.62. The van der Waals surface area contributed by atoms with E-state index in [1.807, 2.05) is 38.1 Å². The van der Waals surface area contributed by atoms with E-state index in [-0.39, 0.29) is 10.8 Å². The number of fused-ring (bicyclic) bond motifs is 1. The molecule has 0 radical (unpaired) electrons. The lowest BCUT2D eigenvalue weighted by Crippen LogP contribution is -2.32. The van der Waals surface area contributed by atoms with Crippen LogP contribution in [0.15, 0.2) is 47.3 Å². The lowest BCUT2D eigenvalue weighted by atomic mass is 10.2. The van der Waals surface area contributed by atoms with Crippen LogP contribution >= 0.6 is 11.3 Å². The van der Waals surface area contributed by atoms with Crippen molar-refractivity contribution in [3.05, 3.63) is 52.1 Å². The summed E-state index contributed by atoms with van der Waals surface area (Å²) in [6, 6.07) is 12.6. The van der Waals surface area contributed by atoms with Crippen LogP contribution in [-0.2, 0) is 11.3 Å². The van der Waals surface area contributed by atoms with Gasteiger partial charge < -0.3 is 14.8 Å². The Morgan fingerprint density at radius 1 is 1.19 bits per heavy atom. The highest BCUT2D eigenvalue weighted by Crippen LogP contribution is 2.23. The van der Waals surface area contributed by atoms with Crippen molar-refractivity contribution in [2.75, 3.05) is 12.4 Å². The van der Waals surface area contributed by atoms with Gasteiger partial charge in [0.2, 0.25) is 0 Å². The number of carbonyl (C=O) groups is 1. The second-order valence-electron chi connectivity index (χ2n) is 5.98. The molecule has 0 saturated carbocycles. The molecule has 3 rings (SSSR count). The first kappa shape index (κ1) is 19.0. The van der Waals surface area contributed by atoms with Gasteiger partial charge in [0.15, 0.2) is 6.10 Å². The van der Waals surface area contributed by atoms with E-state index in [9.17, 15) is 9.59 Å². The predicted octanol–water partition coefficient (Wildman–Crippen LogP) is 3.89. The van der Waals surface area contributed by atoms with Crippen molar-refractivity contribution < 1.29 is 14.3 Å². The monoisotopic (exact) mass is 386 g/mol. The zero-order valence-corrected chi connectivity index (χ0v) is 16.3. The number of amides is 1. The number of hydrogen-bond acceptors (Lipinski definition) is 5. The van der Waals surface area contributed by atoms with Gasteiger partial charge in [0.25, 0.3) is 5.91 Å². The number of aryl methyl sites for hydroxylation is 1. The number of thiazole rings is 1. The van der Waals surface area contributed by atoms with Gasteiger partial charge in [-0.15, -0.1) is 0 Å². The van der Waals surface area contributed by atoms with Crippen LogP contribution in [0.3, 0.4) is 0 Å². The Bertz CT molecular complexity index is 1010. The molecule has 0 aliphatic rings. The third kappa shape index (κ3) is 4.14. The number of benzene rings is 2. The molecule has 2 aromatic carbocycles. The zero-order chi connectivity index (χ0) is 19.4. The maximum Gasteiger partial charge on any atom is 0.308 e. The molecule has 1 aromatic heterocycles. The van der Waals surface area contributed by atoms with E-state index in [0.29, 0.717) is 30.2 Å². The van der Waals surface area contributed by atoms with E-state index >= 15 is 0 Å². The highest BCUT2D eigenvalue weighted by Gasteiger charge is 2.19. The normalized spacial score (nSPS) is 12.0. The standard InChI is InChI=1S/C20H22N2O4S/c1-4-17(26-15-8-6-7-14(12-15)25-3)19(23)21-13-9-10-16-18(11-13)27-20(24)22(16)5-2/h6-12,17H,4-5H2,1-3H3,(H,21,23)/t17-/m1/s1. The average molecular weight is 386 g/mol. The second kappa shape index (κ2) is 8.26. The van der Waals surface area contributed by atoms with E-state index in [1.54, 1.807) is 29.9 Å². The number of hydrogen-bond donors (Lipinski definition) is 1. The predicted molar refractivity (Wildman–Crippen MR) is 108 cm³/mol. The molecule has 3 aromatic rings. The van der Waals surface area contributed by atoms with Crippen LogP contribution in [0, 0.1) is 0 Å². The molecule has 0 fully saturated rings. The molecule has 0 aliphatic heterocycles. The Balaban J connectivity index is 1.76. The third-order valence-electron chi connectivity index (χ3n) is 4.23. The molecule has 1 atom stereocenters. The highest BCUT2D eigenvalue weighted by molar-refractivity contribution is 7.16. The van der Waals surface area contributed by atoms with Gasteiger partial charge in [0.05, 0.1) is 17.3 Å². The summed E-state index contributed by atoms with van der Waals surface area (Å²) in [4.78, 5) is 24.6. The molecule has 0 saturated heterocycles. The average Bonchev–Trinajstić information content (AvgIpc) is 3.00. The van der Waals surface area contributed by atoms with Crippen molar-refractivity contribution in [2.24, 2.45) is 0 Å². The van der Waals surface area contributed by atoms with Crippen LogP contribution in [0.2, 0.25) is 0 Å². The van der Waals surface area contributed by atoms with E-state index in [1.165, 1.54) is 11.3 Å². The maximum atomic E-state index is 12.6. The van der Waals surface area contributed by atoms with Gasteiger partial charge in [-0.25, -0.2) is 0 Å². The number of methoxy groups -OCH3 is 1. The van der Waals surface area contributed by atoms with E-state index in [2.05, 4.69) is 5.32 Å². The van der Waals surface area contributed by atoms with Gasteiger partial charge in [-0.3, -0.25) is 14.2 Å². The van der Waals surface area contributed by atoms with Crippen LogP contribution in [0.5, 0.6) is 11.5 Å². The first-order chi connectivity index (χ1) is 13.0. The number of ether oxygens (including phenoxy) is 2. The van der Waals surface area contributed by atoms with Crippen molar-refractivity contribution >= 4 is 33.1 Å². The minimum atomic E-state index is -0.633. The summed E-state index contributed by atoms with van der Waals surface area (Å²) in [6.07, 6.45) is -0.114. The summed E-state index contributed by atoms with van der Waals surface area (Å²) in [5.41, 5.74) is 1.52. The molecule has 6 nitrogen and oxygen atoms in total. The number of carbonyl (C=O) groups excluding carboxylic acids is 1. The quantitative estimate of drug-likeness (QED) is 0.669. The molecular weight excluding hydrogens is 364 g/mol. The smallest absolute Gasteiger partial charge is 0.308 e. The summed E-state index contributed by atoms with van der Waals surface area (Å²) in [5, 5.41) is 2.88. The molecular formula is C20H22N2O4S. The van der Waals surface area contributed by atoms with Gasteiger partial charge in [-0.2, -0.15) is 0 Å². The molecule has 7 heteroatoms. The van der Waals surface area contributed by atoms with E-state index in [0.717, 1.165) is 10.2 Å². The summed E-state index contributed by atoms with van der Waals surface area (Å²) in [5.74, 6) is 1.01. The van der Waals surface area contributed by atoms with Crippen LogP contribution in [0.25, 0.3) is 10.2 Å². The highest BCUT2D eigenvalue weighted by atomic mass is 32.1. The van der Waals surface area contributed by atoms with Crippen molar-refractivity contribution in [3.63, 3.8) is 0 Å². The van der Waals surface area contributed by atoms with Gasteiger partial charge in [0, 0.05) is 18.3 Å². The number of nitrogens with zero attached hydrogens (tertiary/aromatic N) is 1. The minimum absolute atomic E-state index is 0.00349. The first-order valence-electron chi connectivity index (χ1n) is 8.80. The lowest BCUT2D eigenvalue weighted by Gasteiger charge is -2.17. The summed E-state index contributed by atoms with van der Waals surface area (Å²) >= 11 is 1.18. The fraction of sp³-hybridized carbons (Fsp3) is 0.300. The van der Waals surface area contributed by atoms with Crippen LogP contribution < -0.4 is 19.7 Å². The summed E-state index contributed by atoms with van der Waals surface area (Å²) in [6.45, 7) is 4.45. The van der Waals surface area contributed by atoms with Crippen molar-refractivity contribution in [1.29, 1.82) is 0 Å². The van der Waals surface area contributed by atoms with Crippen molar-refractivity contribution in [3.8, 4) is 11.5 Å². The topological polar surface area (TPSA) is 69.6 Å².